The number of rotatable bonds is 6. The number of halogens is 1. The zero-order chi connectivity index (χ0) is 21.2. The number of amides is 1. The van der Waals surface area contributed by atoms with E-state index >= 15 is 0 Å². The summed E-state index contributed by atoms with van der Waals surface area (Å²) >= 11 is 6.08. The van der Waals surface area contributed by atoms with Crippen molar-refractivity contribution in [3.05, 3.63) is 53.1 Å². The molecule has 1 atom stereocenters. The predicted molar refractivity (Wildman–Crippen MR) is 114 cm³/mol. The Morgan fingerprint density at radius 3 is 2.52 bits per heavy atom. The van der Waals surface area contributed by atoms with E-state index in [-0.39, 0.29) is 24.3 Å². The third-order valence-electron chi connectivity index (χ3n) is 5.63. The molecule has 1 aliphatic heterocycles. The first-order valence-electron chi connectivity index (χ1n) is 9.71. The zero-order valence-corrected chi connectivity index (χ0v) is 18.0. The number of benzene rings is 2. The van der Waals surface area contributed by atoms with Crippen LogP contribution in [0.2, 0.25) is 5.02 Å². The second kappa shape index (κ2) is 8.46. The van der Waals surface area contributed by atoms with Crippen LogP contribution in [-0.2, 0) is 15.0 Å². The fourth-order valence-corrected chi connectivity index (χ4v) is 3.52. The number of anilines is 1. The highest BCUT2D eigenvalue weighted by Gasteiger charge is 2.37. The van der Waals surface area contributed by atoms with E-state index in [9.17, 15) is 9.59 Å². The molecular weight excluding hydrogens is 390 g/mol. The van der Waals surface area contributed by atoms with Gasteiger partial charge in [-0.25, -0.2) is 0 Å². The van der Waals surface area contributed by atoms with Gasteiger partial charge in [0.05, 0.1) is 18.7 Å². The van der Waals surface area contributed by atoms with E-state index in [1.54, 1.807) is 30.3 Å². The Kier molecular flexibility index (Phi) is 6.18. The van der Waals surface area contributed by atoms with E-state index in [0.717, 1.165) is 6.42 Å². The molecule has 0 unspecified atom stereocenters. The van der Waals surface area contributed by atoms with Crippen molar-refractivity contribution in [3.63, 3.8) is 0 Å². The normalized spacial score (nSPS) is 16.8. The summed E-state index contributed by atoms with van der Waals surface area (Å²) in [5.74, 6) is -0.0994. The third-order valence-corrected chi connectivity index (χ3v) is 5.86. The summed E-state index contributed by atoms with van der Waals surface area (Å²) in [7, 11) is 1.53. The van der Waals surface area contributed by atoms with E-state index in [1.807, 2.05) is 12.1 Å². The molecule has 0 aromatic heterocycles. The average Bonchev–Trinajstić information content (AvgIpc) is 3.10. The lowest BCUT2D eigenvalue weighted by molar-refractivity contribution is -0.139. The Balaban J connectivity index is 1.70. The Morgan fingerprint density at radius 2 is 1.90 bits per heavy atom. The van der Waals surface area contributed by atoms with Gasteiger partial charge in [0.2, 0.25) is 5.91 Å². The summed E-state index contributed by atoms with van der Waals surface area (Å²) in [4.78, 5) is 26.7. The van der Waals surface area contributed by atoms with Gasteiger partial charge in [0, 0.05) is 18.0 Å². The van der Waals surface area contributed by atoms with Crippen LogP contribution in [0.3, 0.4) is 0 Å². The lowest BCUT2D eigenvalue weighted by atomic mass is 9.82. The van der Waals surface area contributed by atoms with E-state index < -0.39 is 11.9 Å². The van der Waals surface area contributed by atoms with Crippen LogP contribution >= 0.6 is 11.6 Å². The Bertz CT molecular complexity index is 908. The fourth-order valence-electron chi connectivity index (χ4n) is 3.35. The summed E-state index contributed by atoms with van der Waals surface area (Å²) in [6.45, 7) is 6.73. The van der Waals surface area contributed by atoms with Gasteiger partial charge in [0.15, 0.2) is 0 Å². The molecule has 1 fully saturated rings. The van der Waals surface area contributed by atoms with Crippen molar-refractivity contribution in [1.29, 1.82) is 0 Å². The van der Waals surface area contributed by atoms with Crippen LogP contribution in [0.15, 0.2) is 42.5 Å². The molecule has 1 amide bonds. The summed E-state index contributed by atoms with van der Waals surface area (Å²) in [5, 5.41) is 0.495. The van der Waals surface area contributed by atoms with Crippen molar-refractivity contribution in [2.45, 2.75) is 39.0 Å². The van der Waals surface area contributed by atoms with Gasteiger partial charge in [0.25, 0.3) is 0 Å². The lowest BCUT2D eigenvalue weighted by Crippen LogP contribution is -2.27. The van der Waals surface area contributed by atoms with Crippen LogP contribution in [0.4, 0.5) is 5.69 Å². The number of esters is 1. The Hall–Kier alpha value is -2.53. The number of hydrogen-bond donors (Lipinski definition) is 0. The van der Waals surface area contributed by atoms with Crippen molar-refractivity contribution in [3.8, 4) is 11.5 Å². The first-order chi connectivity index (χ1) is 13.7. The van der Waals surface area contributed by atoms with E-state index in [0.29, 0.717) is 22.2 Å². The van der Waals surface area contributed by atoms with Crippen LogP contribution in [0.1, 0.15) is 39.2 Å². The minimum Gasteiger partial charge on any atom is -0.495 e. The summed E-state index contributed by atoms with van der Waals surface area (Å²) in [6.07, 6.45) is 1.11. The van der Waals surface area contributed by atoms with Gasteiger partial charge in [-0.1, -0.05) is 44.5 Å². The molecule has 2 aromatic rings. The van der Waals surface area contributed by atoms with Gasteiger partial charge in [0.1, 0.15) is 11.5 Å². The van der Waals surface area contributed by atoms with E-state index in [4.69, 9.17) is 21.1 Å². The monoisotopic (exact) mass is 415 g/mol. The molecule has 0 radical (unpaired) electrons. The standard InChI is InChI=1S/C23H26ClNO4/c1-5-23(2,3)16-6-9-18(10-7-16)29-22(27)15-12-21(26)25(14-15)19-13-17(24)8-11-20(19)28-4/h6-11,13,15H,5,12,14H2,1-4H3/t15-/m0/s1. The average molecular weight is 416 g/mol. The Labute approximate surface area is 176 Å². The van der Waals surface area contributed by atoms with Crippen LogP contribution in [0.25, 0.3) is 0 Å². The van der Waals surface area contributed by atoms with Gasteiger partial charge >= 0.3 is 5.97 Å². The third kappa shape index (κ3) is 4.56. The predicted octanol–water partition coefficient (Wildman–Crippen LogP) is 4.99. The molecule has 1 aliphatic rings. The second-order valence-electron chi connectivity index (χ2n) is 7.90. The Morgan fingerprint density at radius 1 is 1.21 bits per heavy atom. The maximum Gasteiger partial charge on any atom is 0.316 e. The molecule has 0 N–H and O–H groups in total. The second-order valence-corrected chi connectivity index (χ2v) is 8.34. The van der Waals surface area contributed by atoms with Crippen molar-refractivity contribution in [2.75, 3.05) is 18.6 Å². The highest BCUT2D eigenvalue weighted by molar-refractivity contribution is 6.31. The van der Waals surface area contributed by atoms with Crippen LogP contribution in [0, 0.1) is 5.92 Å². The van der Waals surface area contributed by atoms with E-state index in [1.165, 1.54) is 17.6 Å². The van der Waals surface area contributed by atoms with Crippen molar-refractivity contribution < 1.29 is 19.1 Å². The molecule has 0 aliphatic carbocycles. The molecule has 0 saturated carbocycles. The number of carbonyl (C=O) groups is 2. The summed E-state index contributed by atoms with van der Waals surface area (Å²) in [6, 6.07) is 12.6. The molecule has 29 heavy (non-hydrogen) atoms. The maximum atomic E-state index is 12.6. The number of carbonyl (C=O) groups excluding carboxylic acids is 2. The van der Waals surface area contributed by atoms with Crippen molar-refractivity contribution in [2.24, 2.45) is 5.92 Å². The van der Waals surface area contributed by atoms with Crippen LogP contribution in [-0.4, -0.2) is 25.5 Å². The number of methoxy groups -OCH3 is 1. The molecule has 0 spiro atoms. The minimum atomic E-state index is -0.544. The van der Waals surface area contributed by atoms with Gasteiger partial charge in [-0.15, -0.1) is 0 Å². The molecule has 6 heteroatoms. The van der Waals surface area contributed by atoms with Crippen LogP contribution < -0.4 is 14.4 Å². The SMILES string of the molecule is CCC(C)(C)c1ccc(OC(=O)[C@H]2CC(=O)N(c3cc(Cl)ccc3OC)C2)cc1. The number of hydrogen-bond acceptors (Lipinski definition) is 4. The van der Waals surface area contributed by atoms with E-state index in [2.05, 4.69) is 20.8 Å². The molecule has 3 rings (SSSR count). The first-order valence-corrected chi connectivity index (χ1v) is 10.1. The van der Waals surface area contributed by atoms with Gasteiger partial charge in [-0.05, 0) is 47.7 Å². The largest absolute Gasteiger partial charge is 0.495 e. The lowest BCUT2D eigenvalue weighted by Gasteiger charge is -2.23. The highest BCUT2D eigenvalue weighted by atomic mass is 35.5. The maximum absolute atomic E-state index is 12.6. The number of ether oxygens (including phenoxy) is 2. The summed E-state index contributed by atoms with van der Waals surface area (Å²) < 4.78 is 10.9. The zero-order valence-electron chi connectivity index (χ0n) is 17.2. The van der Waals surface area contributed by atoms with Gasteiger partial charge in [-0.3, -0.25) is 9.59 Å². The molecule has 1 heterocycles. The smallest absolute Gasteiger partial charge is 0.316 e. The van der Waals surface area contributed by atoms with Gasteiger partial charge in [-0.2, -0.15) is 0 Å². The topological polar surface area (TPSA) is 55.8 Å². The van der Waals surface area contributed by atoms with Crippen LogP contribution in [0.5, 0.6) is 11.5 Å². The quantitative estimate of drug-likeness (QED) is 0.492. The first kappa shape index (κ1) is 21.2. The molecule has 5 nitrogen and oxygen atoms in total. The fraction of sp³-hybridized carbons (Fsp3) is 0.391. The minimum absolute atomic E-state index is 0.0664. The van der Waals surface area contributed by atoms with Crippen molar-refractivity contribution >= 4 is 29.2 Å². The summed E-state index contributed by atoms with van der Waals surface area (Å²) in [5.41, 5.74) is 1.82. The number of nitrogens with zero attached hydrogens (tertiary/aromatic N) is 1. The molecule has 2 aromatic carbocycles. The highest BCUT2D eigenvalue weighted by Crippen LogP contribution is 2.35. The van der Waals surface area contributed by atoms with Gasteiger partial charge < -0.3 is 14.4 Å². The molecular formula is C23H26ClNO4. The molecule has 154 valence electrons. The molecule has 0 bridgehead atoms. The van der Waals surface area contributed by atoms with Crippen molar-refractivity contribution in [1.82, 2.24) is 0 Å². The molecule has 1 saturated heterocycles.